The number of amides is 4. The first-order chi connectivity index (χ1) is 29.8. The average molecular weight is 861 g/mol. The highest BCUT2D eigenvalue weighted by Gasteiger charge is 2.51. The molecule has 2 aliphatic rings. The molecular weight excluding hydrogens is 805 g/mol. The lowest BCUT2D eigenvalue weighted by Gasteiger charge is -2.37. The minimum absolute atomic E-state index is 0.0915. The van der Waals surface area contributed by atoms with Crippen LogP contribution in [0.2, 0.25) is 0 Å². The Morgan fingerprint density at radius 3 is 2.13 bits per heavy atom. The second-order valence-corrected chi connectivity index (χ2v) is 18.5. The van der Waals surface area contributed by atoms with E-state index in [1.807, 2.05) is 58.7 Å². The van der Waals surface area contributed by atoms with E-state index < -0.39 is 24.3 Å². The molecule has 14 nitrogen and oxygen atoms in total. The molecule has 326 valence electrons. The number of benzene rings is 3. The maximum Gasteiger partial charge on any atom is 0.407 e. The lowest BCUT2D eigenvalue weighted by atomic mass is 9.95. The molecular formula is C47H56N8O6S. The van der Waals surface area contributed by atoms with Crippen molar-refractivity contribution in [2.45, 2.75) is 97.4 Å². The molecule has 1 saturated carbocycles. The van der Waals surface area contributed by atoms with Crippen LogP contribution in [0.5, 0.6) is 0 Å². The molecule has 4 N–H and O–H groups in total. The smallest absolute Gasteiger partial charge is 0.407 e. The summed E-state index contributed by atoms with van der Waals surface area (Å²) in [4.78, 5) is 72.7. The molecule has 0 radical (unpaired) electrons. The summed E-state index contributed by atoms with van der Waals surface area (Å²) in [5.41, 5.74) is 5.76. The quantitative estimate of drug-likeness (QED) is 0.0890. The van der Waals surface area contributed by atoms with Crippen LogP contribution in [0.15, 0.2) is 60.8 Å². The van der Waals surface area contributed by atoms with Gasteiger partial charge in [-0.2, -0.15) is 0 Å². The molecule has 4 heterocycles. The number of imidazole rings is 2. The molecule has 2 fully saturated rings. The van der Waals surface area contributed by atoms with Crippen LogP contribution >= 0.6 is 11.3 Å². The number of aromatic nitrogens is 4. The summed E-state index contributed by atoms with van der Waals surface area (Å²) in [6.45, 7) is 12.1. The van der Waals surface area contributed by atoms with Crippen LogP contribution in [0, 0.1) is 17.8 Å². The van der Waals surface area contributed by atoms with Gasteiger partial charge in [-0.25, -0.2) is 19.6 Å². The first-order valence-corrected chi connectivity index (χ1v) is 22.4. The van der Waals surface area contributed by atoms with E-state index in [1.165, 1.54) is 29.7 Å². The van der Waals surface area contributed by atoms with E-state index in [4.69, 9.17) is 19.4 Å². The monoisotopic (exact) mass is 860 g/mol. The molecule has 15 heteroatoms. The fraction of sp³-hybridized carbons (Fsp3) is 0.447. The van der Waals surface area contributed by atoms with Crippen molar-refractivity contribution in [3.8, 4) is 22.4 Å². The number of ether oxygens (including phenoxy) is 2. The van der Waals surface area contributed by atoms with Crippen molar-refractivity contribution in [1.82, 2.24) is 40.4 Å². The summed E-state index contributed by atoms with van der Waals surface area (Å²) >= 11 is 1.74. The van der Waals surface area contributed by atoms with Gasteiger partial charge >= 0.3 is 12.2 Å². The third-order valence-electron chi connectivity index (χ3n) is 12.7. The summed E-state index contributed by atoms with van der Waals surface area (Å²) in [5, 5.41) is 7.84. The zero-order chi connectivity index (χ0) is 44.0. The van der Waals surface area contributed by atoms with Gasteiger partial charge in [-0.05, 0) is 85.8 Å². The summed E-state index contributed by atoms with van der Waals surface area (Å²) in [5.74, 6) is 1.24. The number of rotatable bonds is 13. The predicted molar refractivity (Wildman–Crippen MR) is 241 cm³/mol. The second kappa shape index (κ2) is 17.4. The van der Waals surface area contributed by atoms with Gasteiger partial charge in [0.2, 0.25) is 11.8 Å². The number of piperidine rings is 1. The molecule has 62 heavy (non-hydrogen) atoms. The minimum Gasteiger partial charge on any atom is -0.453 e. The Hall–Kier alpha value is -5.96. The van der Waals surface area contributed by atoms with E-state index in [1.54, 1.807) is 16.2 Å². The van der Waals surface area contributed by atoms with Gasteiger partial charge in [-0.1, -0.05) is 65.0 Å². The first-order valence-electron chi connectivity index (χ1n) is 21.6. The SMILES string of the molecule is CCCN(C(=O)[C@@H](NC(=O)OC)C(C)C)[C@@H](C)c1ncc(-c2ccc3c(c2)sc2cc(-c4ccc5nc([C@@H]6[C@H]7CC[C@H](C7)N6C(=O)[C@@H](NC(=O)OC)C(C)C)[nH]c5c4)ccc23)[nH]1. The van der Waals surface area contributed by atoms with Gasteiger partial charge in [0, 0.05) is 38.3 Å². The van der Waals surface area contributed by atoms with E-state index in [0.29, 0.717) is 18.3 Å². The minimum atomic E-state index is -0.729. The van der Waals surface area contributed by atoms with Crippen LogP contribution in [0.3, 0.4) is 0 Å². The molecule has 0 unspecified atom stereocenters. The van der Waals surface area contributed by atoms with Gasteiger partial charge in [-0.15, -0.1) is 11.3 Å². The van der Waals surface area contributed by atoms with Crippen LogP contribution in [-0.2, 0) is 19.1 Å². The molecule has 1 aliphatic heterocycles. The van der Waals surface area contributed by atoms with Crippen molar-refractivity contribution in [1.29, 1.82) is 0 Å². The van der Waals surface area contributed by atoms with Crippen LogP contribution in [0.25, 0.3) is 53.6 Å². The molecule has 1 aliphatic carbocycles. The topological polar surface area (TPSA) is 175 Å². The Labute approximate surface area is 365 Å². The average Bonchev–Trinajstić information content (AvgIpc) is 4.12. The summed E-state index contributed by atoms with van der Waals surface area (Å²) < 4.78 is 12.0. The zero-order valence-electron chi connectivity index (χ0n) is 36.6. The number of likely N-dealkylation sites (tertiary alicyclic amines) is 1. The number of nitrogens with one attached hydrogen (secondary N) is 4. The van der Waals surface area contributed by atoms with Gasteiger partial charge in [0.15, 0.2) is 0 Å². The van der Waals surface area contributed by atoms with Crippen LogP contribution in [0.4, 0.5) is 9.59 Å². The number of carbonyl (C=O) groups excluding carboxylic acids is 4. The molecule has 8 rings (SSSR count). The Morgan fingerprint density at radius 1 is 0.839 bits per heavy atom. The Bertz CT molecular complexity index is 2650. The number of carbonyl (C=O) groups is 4. The van der Waals surface area contributed by atoms with Crippen LogP contribution in [-0.4, -0.2) is 92.6 Å². The van der Waals surface area contributed by atoms with Gasteiger partial charge < -0.3 is 39.9 Å². The third-order valence-corrected chi connectivity index (χ3v) is 13.8. The molecule has 3 aromatic carbocycles. The lowest BCUT2D eigenvalue weighted by Crippen LogP contribution is -2.54. The number of hydrogen-bond acceptors (Lipinski definition) is 9. The van der Waals surface area contributed by atoms with E-state index in [9.17, 15) is 19.2 Å². The number of methoxy groups -OCH3 is 2. The fourth-order valence-electron chi connectivity index (χ4n) is 9.45. The largest absolute Gasteiger partial charge is 0.453 e. The number of thiophene rings is 1. The highest BCUT2D eigenvalue weighted by Crippen LogP contribution is 2.50. The summed E-state index contributed by atoms with van der Waals surface area (Å²) in [6.07, 6.45) is 4.23. The number of fused-ring (bicyclic) bond motifs is 6. The van der Waals surface area contributed by atoms with E-state index >= 15 is 0 Å². The van der Waals surface area contributed by atoms with Crippen molar-refractivity contribution < 1.29 is 28.7 Å². The normalized spacial score (nSPS) is 18.7. The standard InChI is InChI=1S/C47H56N8O6S/c1-9-18-54(44(56)39(24(2)3)52-46(58)60-7)26(6)42-48-23-36(51-42)29-12-16-33-32-15-11-28(21-37(32)62-38(33)22-29)27-13-17-34-35(20-27)50-43(49-34)41-30-10-14-31(19-30)55(41)45(57)40(25(4)5)53-47(59)61-8/h11-13,15-17,20-26,30-31,39-41H,9-10,14,18-19H2,1-8H3,(H,48,51)(H,49,50)(H,52,58)(H,53,59)/t26-,30-,31+,39-,40-,41-/m0/s1. The van der Waals surface area contributed by atoms with Crippen LogP contribution < -0.4 is 10.6 Å². The first kappa shape index (κ1) is 42.7. The van der Waals surface area contributed by atoms with Crippen LogP contribution in [0.1, 0.15) is 91.0 Å². The lowest BCUT2D eigenvalue weighted by molar-refractivity contribution is -0.139. The van der Waals surface area contributed by atoms with Crippen molar-refractivity contribution in [2.75, 3.05) is 20.8 Å². The zero-order valence-corrected chi connectivity index (χ0v) is 37.4. The number of alkyl carbamates (subject to hydrolysis) is 2. The molecule has 4 amide bonds. The molecule has 6 aromatic rings. The second-order valence-electron chi connectivity index (χ2n) is 17.4. The van der Waals surface area contributed by atoms with Gasteiger partial charge in [0.25, 0.3) is 0 Å². The van der Waals surface area contributed by atoms with Crippen molar-refractivity contribution in [2.24, 2.45) is 17.8 Å². The fourth-order valence-corrected chi connectivity index (χ4v) is 10.6. The van der Waals surface area contributed by atoms with E-state index in [0.717, 1.165) is 69.6 Å². The molecule has 1 saturated heterocycles. The highest BCUT2D eigenvalue weighted by atomic mass is 32.1. The molecule has 2 bridgehead atoms. The Morgan fingerprint density at radius 2 is 1.47 bits per heavy atom. The molecule has 3 aromatic heterocycles. The van der Waals surface area contributed by atoms with Gasteiger partial charge in [0.1, 0.15) is 23.7 Å². The van der Waals surface area contributed by atoms with Crippen molar-refractivity contribution in [3.63, 3.8) is 0 Å². The maximum absolute atomic E-state index is 14.1. The number of nitrogens with zero attached hydrogens (tertiary/aromatic N) is 4. The van der Waals surface area contributed by atoms with Crippen molar-refractivity contribution >= 4 is 66.5 Å². The number of H-pyrrole nitrogens is 2. The number of hydrogen-bond donors (Lipinski definition) is 4. The molecule has 0 spiro atoms. The van der Waals surface area contributed by atoms with E-state index in [2.05, 4.69) is 69.1 Å². The molecule has 6 atom stereocenters. The highest BCUT2D eigenvalue weighted by molar-refractivity contribution is 7.25. The predicted octanol–water partition coefficient (Wildman–Crippen LogP) is 9.10. The maximum atomic E-state index is 14.1. The van der Waals surface area contributed by atoms with E-state index in [-0.39, 0.29) is 41.8 Å². The third kappa shape index (κ3) is 7.98. The summed E-state index contributed by atoms with van der Waals surface area (Å²) in [7, 11) is 2.60. The Kier molecular flexibility index (Phi) is 12.0. The Balaban J connectivity index is 1.03. The number of aromatic amines is 2. The van der Waals surface area contributed by atoms with Gasteiger partial charge in [-0.3, -0.25) is 9.59 Å². The summed E-state index contributed by atoms with van der Waals surface area (Å²) in [6, 6.07) is 17.5. The van der Waals surface area contributed by atoms with Gasteiger partial charge in [0.05, 0.1) is 49.2 Å². The van der Waals surface area contributed by atoms with Crippen molar-refractivity contribution in [3.05, 3.63) is 72.4 Å².